The Hall–Kier alpha value is -2.81. The van der Waals surface area contributed by atoms with Crippen molar-refractivity contribution in [3.05, 3.63) is 71.4 Å². The van der Waals surface area contributed by atoms with Gasteiger partial charge in [-0.05, 0) is 38.1 Å². The lowest BCUT2D eigenvalue weighted by Gasteiger charge is -2.23. The maximum absolute atomic E-state index is 14.4. The Kier molecular flexibility index (Phi) is 7.73. The van der Waals surface area contributed by atoms with Gasteiger partial charge in [-0.1, -0.05) is 18.2 Å². The van der Waals surface area contributed by atoms with E-state index in [-0.39, 0.29) is 5.75 Å². The van der Waals surface area contributed by atoms with Crippen molar-refractivity contribution < 1.29 is 23.4 Å². The molecule has 0 saturated heterocycles. The first-order valence-electron chi connectivity index (χ1n) is 10.0. The van der Waals surface area contributed by atoms with Crippen LogP contribution < -0.4 is 4.74 Å². The van der Waals surface area contributed by atoms with Gasteiger partial charge in [-0.15, -0.1) is 0 Å². The molecule has 0 bridgehead atoms. The summed E-state index contributed by atoms with van der Waals surface area (Å²) in [7, 11) is 1.62. The van der Waals surface area contributed by atoms with Crippen LogP contribution in [-0.2, 0) is 11.3 Å². The maximum Gasteiger partial charge on any atom is 0.227 e. The van der Waals surface area contributed by atoms with E-state index < -0.39 is 17.7 Å². The summed E-state index contributed by atoms with van der Waals surface area (Å²) in [5.41, 5.74) is 2.19. The minimum absolute atomic E-state index is 0.0984. The molecule has 8 heteroatoms. The quantitative estimate of drug-likeness (QED) is 0.524. The van der Waals surface area contributed by atoms with E-state index in [1.807, 2.05) is 42.2 Å². The molecule has 0 spiro atoms. The molecule has 2 aromatic carbocycles. The largest absolute Gasteiger partial charge is 0.435 e. The summed E-state index contributed by atoms with van der Waals surface area (Å²) in [5, 5.41) is 14.5. The number of halogens is 2. The summed E-state index contributed by atoms with van der Waals surface area (Å²) in [6, 6.07) is 12.5. The van der Waals surface area contributed by atoms with Crippen LogP contribution in [0, 0.1) is 18.6 Å². The third kappa shape index (κ3) is 5.88. The second-order valence-corrected chi connectivity index (χ2v) is 7.37. The summed E-state index contributed by atoms with van der Waals surface area (Å²) in [5.74, 6) is -1.24. The van der Waals surface area contributed by atoms with Crippen molar-refractivity contribution in [1.29, 1.82) is 0 Å². The Morgan fingerprint density at radius 1 is 1.16 bits per heavy atom. The molecule has 31 heavy (non-hydrogen) atoms. The lowest BCUT2D eigenvalue weighted by molar-refractivity contribution is 0.0934. The Balaban J connectivity index is 2.04. The van der Waals surface area contributed by atoms with E-state index in [1.54, 1.807) is 18.7 Å². The third-order valence-electron chi connectivity index (χ3n) is 4.75. The van der Waals surface area contributed by atoms with Crippen LogP contribution in [0.25, 0.3) is 5.69 Å². The summed E-state index contributed by atoms with van der Waals surface area (Å²) >= 11 is 0. The zero-order valence-corrected chi connectivity index (χ0v) is 17.9. The number of rotatable bonds is 10. The molecule has 0 aliphatic carbocycles. The number of para-hydroxylation sites is 1. The van der Waals surface area contributed by atoms with Gasteiger partial charge in [0, 0.05) is 32.8 Å². The lowest BCUT2D eigenvalue weighted by atomic mass is 10.2. The predicted octanol–water partition coefficient (Wildman–Crippen LogP) is 4.08. The van der Waals surface area contributed by atoms with Gasteiger partial charge in [-0.3, -0.25) is 4.90 Å². The molecule has 1 unspecified atom stereocenters. The topological polar surface area (TPSA) is 59.8 Å². The van der Waals surface area contributed by atoms with Crippen LogP contribution >= 0.6 is 0 Å². The van der Waals surface area contributed by atoms with Gasteiger partial charge in [-0.2, -0.15) is 5.10 Å². The van der Waals surface area contributed by atoms with Gasteiger partial charge in [0.25, 0.3) is 0 Å². The van der Waals surface area contributed by atoms with Crippen molar-refractivity contribution in [2.75, 3.05) is 26.8 Å². The van der Waals surface area contributed by atoms with Crippen molar-refractivity contribution in [2.45, 2.75) is 26.5 Å². The SMILES string of the molecule is COCCN(Cc1c(C)nn(-c2ccccc2)c1Oc1ccc(F)cc1F)CC(C)O. The highest BCUT2D eigenvalue weighted by Gasteiger charge is 2.23. The molecular weight excluding hydrogens is 404 g/mol. The van der Waals surface area contributed by atoms with E-state index in [2.05, 4.69) is 5.10 Å². The van der Waals surface area contributed by atoms with Gasteiger partial charge in [-0.25, -0.2) is 13.5 Å². The first-order valence-corrected chi connectivity index (χ1v) is 10.0. The first-order chi connectivity index (χ1) is 14.9. The highest BCUT2D eigenvalue weighted by molar-refractivity contribution is 5.43. The minimum Gasteiger partial charge on any atom is -0.435 e. The number of ether oxygens (including phenoxy) is 2. The number of hydrogen-bond donors (Lipinski definition) is 1. The zero-order valence-electron chi connectivity index (χ0n) is 17.9. The summed E-state index contributed by atoms with van der Waals surface area (Å²) in [6.45, 7) is 5.46. The van der Waals surface area contributed by atoms with Crippen LogP contribution in [0.15, 0.2) is 48.5 Å². The second-order valence-electron chi connectivity index (χ2n) is 7.37. The van der Waals surface area contributed by atoms with E-state index in [9.17, 15) is 13.9 Å². The smallest absolute Gasteiger partial charge is 0.227 e. The van der Waals surface area contributed by atoms with E-state index in [0.29, 0.717) is 37.8 Å². The molecule has 3 rings (SSSR count). The molecule has 1 N–H and O–H groups in total. The fourth-order valence-electron chi connectivity index (χ4n) is 3.28. The van der Waals surface area contributed by atoms with E-state index in [0.717, 1.165) is 23.4 Å². The lowest BCUT2D eigenvalue weighted by Crippen LogP contribution is -2.33. The van der Waals surface area contributed by atoms with Crippen LogP contribution in [0.5, 0.6) is 11.6 Å². The Bertz CT molecular complexity index is 993. The molecule has 166 valence electrons. The van der Waals surface area contributed by atoms with Gasteiger partial charge in [0.1, 0.15) is 5.82 Å². The third-order valence-corrected chi connectivity index (χ3v) is 4.75. The van der Waals surface area contributed by atoms with Crippen molar-refractivity contribution in [1.82, 2.24) is 14.7 Å². The summed E-state index contributed by atoms with van der Waals surface area (Å²) in [4.78, 5) is 2.02. The zero-order chi connectivity index (χ0) is 22.4. The molecule has 0 fully saturated rings. The molecule has 0 radical (unpaired) electrons. The van der Waals surface area contributed by atoms with Crippen LogP contribution in [0.2, 0.25) is 0 Å². The summed E-state index contributed by atoms with van der Waals surface area (Å²) in [6.07, 6.45) is -0.541. The fraction of sp³-hybridized carbons (Fsp3) is 0.348. The average molecular weight is 431 g/mol. The first kappa shape index (κ1) is 22.9. The van der Waals surface area contributed by atoms with Crippen LogP contribution in [0.1, 0.15) is 18.2 Å². The predicted molar refractivity (Wildman–Crippen MR) is 114 cm³/mol. The summed E-state index contributed by atoms with van der Waals surface area (Å²) < 4.78 is 40.5. The number of aromatic nitrogens is 2. The average Bonchev–Trinajstić information content (AvgIpc) is 3.04. The molecular formula is C23H27F2N3O3. The number of aliphatic hydroxyl groups is 1. The van der Waals surface area contributed by atoms with Crippen molar-refractivity contribution in [2.24, 2.45) is 0 Å². The Labute approximate surface area is 180 Å². The molecule has 6 nitrogen and oxygen atoms in total. The van der Waals surface area contributed by atoms with Crippen molar-refractivity contribution in [3.8, 4) is 17.3 Å². The number of nitrogens with zero attached hydrogens (tertiary/aromatic N) is 3. The monoisotopic (exact) mass is 431 g/mol. The number of benzene rings is 2. The maximum atomic E-state index is 14.4. The molecule has 3 aromatic rings. The molecule has 0 saturated carbocycles. The van der Waals surface area contributed by atoms with Crippen LogP contribution in [0.4, 0.5) is 8.78 Å². The van der Waals surface area contributed by atoms with E-state index >= 15 is 0 Å². The van der Waals surface area contributed by atoms with Gasteiger partial charge in [0.15, 0.2) is 11.6 Å². The number of aliphatic hydroxyl groups excluding tert-OH is 1. The number of aryl methyl sites for hydroxylation is 1. The standard InChI is InChI=1S/C23H27F2N3O3/c1-16(29)14-27(11-12-30-3)15-20-17(2)26-28(19-7-5-4-6-8-19)23(20)31-22-10-9-18(24)13-21(22)25/h4-10,13,16,29H,11-12,14-15H2,1-3H3. The normalized spacial score (nSPS) is 12.4. The number of hydrogen-bond acceptors (Lipinski definition) is 5. The molecule has 1 atom stereocenters. The van der Waals surface area contributed by atoms with Crippen LogP contribution in [-0.4, -0.2) is 52.7 Å². The van der Waals surface area contributed by atoms with Gasteiger partial charge >= 0.3 is 0 Å². The molecule has 0 amide bonds. The highest BCUT2D eigenvalue weighted by atomic mass is 19.1. The van der Waals surface area contributed by atoms with Crippen LogP contribution in [0.3, 0.4) is 0 Å². The van der Waals surface area contributed by atoms with Crippen molar-refractivity contribution >= 4 is 0 Å². The second kappa shape index (κ2) is 10.5. The minimum atomic E-state index is -0.801. The van der Waals surface area contributed by atoms with Gasteiger partial charge in [0.05, 0.1) is 29.7 Å². The van der Waals surface area contributed by atoms with E-state index in [4.69, 9.17) is 9.47 Å². The van der Waals surface area contributed by atoms with Gasteiger partial charge < -0.3 is 14.6 Å². The molecule has 1 aromatic heterocycles. The molecule has 0 aliphatic heterocycles. The Morgan fingerprint density at radius 2 is 1.90 bits per heavy atom. The molecule has 1 heterocycles. The highest BCUT2D eigenvalue weighted by Crippen LogP contribution is 2.33. The Morgan fingerprint density at radius 3 is 2.55 bits per heavy atom. The fourth-order valence-corrected chi connectivity index (χ4v) is 3.28. The van der Waals surface area contributed by atoms with E-state index in [1.165, 1.54) is 6.07 Å². The van der Waals surface area contributed by atoms with Gasteiger partial charge in [0.2, 0.25) is 5.88 Å². The molecule has 0 aliphatic rings. The van der Waals surface area contributed by atoms with Crippen molar-refractivity contribution in [3.63, 3.8) is 0 Å². The number of methoxy groups -OCH3 is 1.